The van der Waals surface area contributed by atoms with Gasteiger partial charge in [-0.05, 0) is 23.8 Å². The van der Waals surface area contributed by atoms with Gasteiger partial charge in [0, 0.05) is 27.7 Å². The second-order valence-corrected chi connectivity index (χ2v) is 4.92. The van der Waals surface area contributed by atoms with Gasteiger partial charge in [-0.2, -0.15) is 0 Å². The van der Waals surface area contributed by atoms with Gasteiger partial charge in [-0.25, -0.2) is 4.79 Å². The Hall–Kier alpha value is -3.21. The Morgan fingerprint density at radius 3 is 2.18 bits per heavy atom. The lowest BCUT2D eigenvalue weighted by molar-refractivity contribution is 0.211. The third-order valence-electron chi connectivity index (χ3n) is 3.50. The molecule has 5 nitrogen and oxygen atoms in total. The summed E-state index contributed by atoms with van der Waals surface area (Å²) < 4.78 is 4.81. The molecule has 0 fully saturated rings. The van der Waals surface area contributed by atoms with Crippen molar-refractivity contribution in [2.75, 3.05) is 11.5 Å². The van der Waals surface area contributed by atoms with E-state index in [1.165, 1.54) is 0 Å². The SMILES string of the molecule is NC(=O)Oc1ccc(-c2cc(N)c3ccccc3c2N)cc1. The summed E-state index contributed by atoms with van der Waals surface area (Å²) in [6.45, 7) is 0. The largest absolute Gasteiger partial charge is 0.411 e. The molecule has 0 unspecified atom stereocenters. The Bertz CT molecular complexity index is 858. The van der Waals surface area contributed by atoms with Gasteiger partial charge in [-0.3, -0.25) is 0 Å². The monoisotopic (exact) mass is 293 g/mol. The molecule has 5 heteroatoms. The molecule has 0 saturated carbocycles. The molecule has 0 aliphatic heterocycles. The molecule has 22 heavy (non-hydrogen) atoms. The number of nitrogen functional groups attached to an aromatic ring is 2. The van der Waals surface area contributed by atoms with Crippen LogP contribution in [0.3, 0.4) is 0 Å². The molecule has 0 aromatic heterocycles. The summed E-state index contributed by atoms with van der Waals surface area (Å²) in [5.74, 6) is 0.378. The van der Waals surface area contributed by atoms with E-state index in [4.69, 9.17) is 21.9 Å². The Balaban J connectivity index is 2.10. The van der Waals surface area contributed by atoms with Crippen molar-refractivity contribution >= 4 is 28.2 Å². The normalized spacial score (nSPS) is 10.5. The lowest BCUT2D eigenvalue weighted by atomic mass is 9.97. The molecule has 0 aliphatic rings. The van der Waals surface area contributed by atoms with E-state index in [2.05, 4.69) is 0 Å². The molecule has 3 aromatic rings. The molecule has 110 valence electrons. The predicted molar refractivity (Wildman–Crippen MR) is 88.4 cm³/mol. The standard InChI is InChI=1S/C17H15N3O2/c18-15-9-14(16(19)13-4-2-1-3-12(13)15)10-5-7-11(8-6-10)22-17(20)21/h1-9H,18-19H2,(H2,20,21). The molecule has 0 atom stereocenters. The molecule has 0 spiro atoms. The number of amides is 1. The van der Waals surface area contributed by atoms with Crippen LogP contribution < -0.4 is 21.9 Å². The Morgan fingerprint density at radius 2 is 1.55 bits per heavy atom. The van der Waals surface area contributed by atoms with E-state index in [-0.39, 0.29) is 0 Å². The van der Waals surface area contributed by atoms with Crippen molar-refractivity contribution < 1.29 is 9.53 Å². The molecule has 1 amide bonds. The summed E-state index contributed by atoms with van der Waals surface area (Å²) >= 11 is 0. The molecule has 0 heterocycles. The average Bonchev–Trinajstić information content (AvgIpc) is 2.51. The highest BCUT2D eigenvalue weighted by atomic mass is 16.5. The minimum absolute atomic E-state index is 0.378. The van der Waals surface area contributed by atoms with E-state index < -0.39 is 6.09 Å². The summed E-state index contributed by atoms with van der Waals surface area (Å²) in [6.07, 6.45) is -0.845. The van der Waals surface area contributed by atoms with Gasteiger partial charge < -0.3 is 21.9 Å². The first-order valence-electron chi connectivity index (χ1n) is 6.70. The average molecular weight is 293 g/mol. The number of hydrogen-bond acceptors (Lipinski definition) is 4. The van der Waals surface area contributed by atoms with Crippen LogP contribution in [0.1, 0.15) is 0 Å². The zero-order valence-electron chi connectivity index (χ0n) is 11.7. The third kappa shape index (κ3) is 2.40. The van der Waals surface area contributed by atoms with Gasteiger partial charge >= 0.3 is 6.09 Å². The first-order valence-corrected chi connectivity index (χ1v) is 6.70. The maximum Gasteiger partial charge on any atom is 0.409 e. The summed E-state index contributed by atoms with van der Waals surface area (Å²) in [6, 6.07) is 16.5. The van der Waals surface area contributed by atoms with Gasteiger partial charge in [0.15, 0.2) is 0 Å². The number of benzene rings is 3. The van der Waals surface area contributed by atoms with Gasteiger partial charge in [0.1, 0.15) is 5.75 Å². The number of rotatable bonds is 2. The van der Waals surface area contributed by atoms with Crippen molar-refractivity contribution in [1.29, 1.82) is 0 Å². The lowest BCUT2D eigenvalue weighted by Crippen LogP contribution is -2.16. The zero-order chi connectivity index (χ0) is 15.7. The molecule has 0 aliphatic carbocycles. The van der Waals surface area contributed by atoms with Crippen molar-refractivity contribution in [3.05, 3.63) is 54.6 Å². The van der Waals surface area contributed by atoms with Gasteiger partial charge in [0.25, 0.3) is 0 Å². The highest BCUT2D eigenvalue weighted by Crippen LogP contribution is 2.36. The summed E-state index contributed by atoms with van der Waals surface area (Å²) in [5.41, 5.74) is 20.4. The van der Waals surface area contributed by atoms with E-state index >= 15 is 0 Å². The van der Waals surface area contributed by atoms with Crippen LogP contribution >= 0.6 is 0 Å². The molecule has 0 bridgehead atoms. The fourth-order valence-corrected chi connectivity index (χ4v) is 2.48. The van der Waals surface area contributed by atoms with E-state index in [9.17, 15) is 4.79 Å². The minimum atomic E-state index is -0.845. The molecule has 6 N–H and O–H groups in total. The van der Waals surface area contributed by atoms with Crippen molar-refractivity contribution in [3.63, 3.8) is 0 Å². The first kappa shape index (κ1) is 13.8. The minimum Gasteiger partial charge on any atom is -0.411 e. The van der Waals surface area contributed by atoms with Crippen molar-refractivity contribution in [3.8, 4) is 16.9 Å². The van der Waals surface area contributed by atoms with Crippen LogP contribution in [0, 0.1) is 0 Å². The Morgan fingerprint density at radius 1 is 0.909 bits per heavy atom. The molecule has 3 aromatic carbocycles. The van der Waals surface area contributed by atoms with Gasteiger partial charge in [-0.15, -0.1) is 0 Å². The van der Waals surface area contributed by atoms with E-state index in [1.54, 1.807) is 24.3 Å². The number of fused-ring (bicyclic) bond motifs is 1. The highest BCUT2D eigenvalue weighted by molar-refractivity contribution is 6.06. The second kappa shape index (κ2) is 5.29. The molecular formula is C17H15N3O2. The van der Waals surface area contributed by atoms with Crippen LogP contribution in [-0.4, -0.2) is 6.09 Å². The fourth-order valence-electron chi connectivity index (χ4n) is 2.48. The quantitative estimate of drug-likeness (QED) is 0.631. The zero-order valence-corrected chi connectivity index (χ0v) is 11.7. The van der Waals surface area contributed by atoms with E-state index in [0.29, 0.717) is 17.1 Å². The van der Waals surface area contributed by atoms with Crippen LogP contribution in [0.2, 0.25) is 0 Å². The first-order chi connectivity index (χ1) is 10.6. The summed E-state index contributed by atoms with van der Waals surface area (Å²) in [4.78, 5) is 10.7. The van der Waals surface area contributed by atoms with Crippen LogP contribution in [0.15, 0.2) is 54.6 Å². The van der Waals surface area contributed by atoms with E-state index in [0.717, 1.165) is 21.9 Å². The van der Waals surface area contributed by atoms with Crippen molar-refractivity contribution in [2.24, 2.45) is 5.73 Å². The number of anilines is 2. The highest BCUT2D eigenvalue weighted by Gasteiger charge is 2.10. The predicted octanol–water partition coefficient (Wildman–Crippen LogP) is 3.13. The summed E-state index contributed by atoms with van der Waals surface area (Å²) in [5, 5.41) is 1.84. The smallest absolute Gasteiger partial charge is 0.409 e. The maximum absolute atomic E-state index is 10.7. The van der Waals surface area contributed by atoms with Crippen LogP contribution in [0.5, 0.6) is 5.75 Å². The molecule has 0 saturated heterocycles. The Labute approximate surface area is 127 Å². The van der Waals surface area contributed by atoms with Gasteiger partial charge in [-0.1, -0.05) is 36.4 Å². The summed E-state index contributed by atoms with van der Waals surface area (Å²) in [7, 11) is 0. The maximum atomic E-state index is 10.7. The fraction of sp³-hybridized carbons (Fsp3) is 0. The number of carbonyl (C=O) groups excluding carboxylic acids is 1. The number of carbonyl (C=O) groups is 1. The number of nitrogens with two attached hydrogens (primary N) is 3. The molecular weight excluding hydrogens is 278 g/mol. The second-order valence-electron chi connectivity index (χ2n) is 4.92. The van der Waals surface area contributed by atoms with Crippen molar-refractivity contribution in [2.45, 2.75) is 0 Å². The lowest BCUT2D eigenvalue weighted by Gasteiger charge is -2.12. The van der Waals surface area contributed by atoms with Gasteiger partial charge in [0.05, 0.1) is 0 Å². The van der Waals surface area contributed by atoms with Crippen LogP contribution in [-0.2, 0) is 0 Å². The van der Waals surface area contributed by atoms with Crippen LogP contribution in [0.25, 0.3) is 21.9 Å². The molecule has 3 rings (SSSR count). The topological polar surface area (TPSA) is 104 Å². The third-order valence-corrected chi connectivity index (χ3v) is 3.50. The van der Waals surface area contributed by atoms with E-state index in [1.807, 2.05) is 30.3 Å². The van der Waals surface area contributed by atoms with Crippen molar-refractivity contribution in [1.82, 2.24) is 0 Å². The number of primary amides is 1. The van der Waals surface area contributed by atoms with Gasteiger partial charge in [0.2, 0.25) is 0 Å². The van der Waals surface area contributed by atoms with Crippen LogP contribution in [0.4, 0.5) is 16.2 Å². The number of ether oxygens (including phenoxy) is 1. The Kier molecular flexibility index (Phi) is 3.31. The molecule has 0 radical (unpaired) electrons. The number of hydrogen-bond donors (Lipinski definition) is 3.